The molecule has 1 unspecified atom stereocenters. The number of hydrogen-bond donors (Lipinski definition) is 3. The third-order valence-corrected chi connectivity index (χ3v) is 3.19. The van der Waals surface area contributed by atoms with Crippen LogP contribution in [0.4, 0.5) is 5.69 Å². The van der Waals surface area contributed by atoms with Crippen molar-refractivity contribution in [3.63, 3.8) is 0 Å². The minimum Gasteiger partial charge on any atom is -0.508 e. The lowest BCUT2D eigenvalue weighted by Crippen LogP contribution is -2.06. The van der Waals surface area contributed by atoms with Gasteiger partial charge in [0, 0.05) is 23.9 Å². The number of anilines is 1. The Morgan fingerprint density at radius 2 is 1.52 bits per heavy atom. The molecule has 0 aliphatic carbocycles. The zero-order valence-corrected chi connectivity index (χ0v) is 12.3. The molecule has 0 aliphatic heterocycles. The SMILES string of the molecule is COc1ccc(NC(C)c2cc(O)cc(O)c2)cc1OC. The van der Waals surface area contributed by atoms with Crippen LogP contribution in [0.5, 0.6) is 23.0 Å². The Balaban J connectivity index is 2.20. The topological polar surface area (TPSA) is 71.0 Å². The van der Waals surface area contributed by atoms with E-state index in [0.29, 0.717) is 11.5 Å². The summed E-state index contributed by atoms with van der Waals surface area (Å²) < 4.78 is 10.5. The molecular formula is C16H19NO4. The standard InChI is InChI=1S/C16H19NO4/c1-10(11-6-13(18)9-14(19)7-11)17-12-4-5-15(20-2)16(8-12)21-3/h4-10,17-19H,1-3H3. The molecule has 0 saturated heterocycles. The molecule has 2 aromatic carbocycles. The van der Waals surface area contributed by atoms with Crippen molar-refractivity contribution >= 4 is 5.69 Å². The van der Waals surface area contributed by atoms with Crippen LogP contribution in [0.25, 0.3) is 0 Å². The lowest BCUT2D eigenvalue weighted by molar-refractivity contribution is 0.355. The summed E-state index contributed by atoms with van der Waals surface area (Å²) >= 11 is 0. The smallest absolute Gasteiger partial charge is 0.162 e. The van der Waals surface area contributed by atoms with Crippen molar-refractivity contribution in [1.29, 1.82) is 0 Å². The fraction of sp³-hybridized carbons (Fsp3) is 0.250. The van der Waals surface area contributed by atoms with Gasteiger partial charge < -0.3 is 25.0 Å². The van der Waals surface area contributed by atoms with Gasteiger partial charge in [0.25, 0.3) is 0 Å². The predicted octanol–water partition coefficient (Wildman–Crippen LogP) is 3.29. The van der Waals surface area contributed by atoms with Crippen LogP contribution < -0.4 is 14.8 Å². The molecule has 2 aromatic rings. The van der Waals surface area contributed by atoms with Gasteiger partial charge in [0.2, 0.25) is 0 Å². The van der Waals surface area contributed by atoms with E-state index in [-0.39, 0.29) is 17.5 Å². The van der Waals surface area contributed by atoms with Crippen LogP contribution in [0.1, 0.15) is 18.5 Å². The highest BCUT2D eigenvalue weighted by atomic mass is 16.5. The molecule has 5 nitrogen and oxygen atoms in total. The van der Waals surface area contributed by atoms with Crippen LogP contribution in [0.2, 0.25) is 0 Å². The van der Waals surface area contributed by atoms with Crippen molar-refractivity contribution in [1.82, 2.24) is 0 Å². The molecule has 0 aromatic heterocycles. The van der Waals surface area contributed by atoms with Gasteiger partial charge in [-0.05, 0) is 36.8 Å². The largest absolute Gasteiger partial charge is 0.508 e. The molecule has 2 rings (SSSR count). The van der Waals surface area contributed by atoms with Gasteiger partial charge in [0.1, 0.15) is 11.5 Å². The minimum atomic E-state index is -0.0962. The number of aromatic hydroxyl groups is 2. The van der Waals surface area contributed by atoms with E-state index < -0.39 is 0 Å². The average molecular weight is 289 g/mol. The summed E-state index contributed by atoms with van der Waals surface area (Å²) in [6, 6.07) is 9.94. The number of methoxy groups -OCH3 is 2. The first kappa shape index (κ1) is 14.8. The molecule has 21 heavy (non-hydrogen) atoms. The number of phenolic OH excluding ortho intramolecular Hbond substituents is 2. The first-order valence-electron chi connectivity index (χ1n) is 6.55. The van der Waals surface area contributed by atoms with Crippen LogP contribution in [0, 0.1) is 0 Å². The van der Waals surface area contributed by atoms with E-state index in [0.717, 1.165) is 11.3 Å². The van der Waals surface area contributed by atoms with Crippen LogP contribution in [-0.4, -0.2) is 24.4 Å². The normalized spacial score (nSPS) is 11.8. The maximum atomic E-state index is 9.54. The number of ether oxygens (including phenoxy) is 2. The molecule has 112 valence electrons. The molecule has 5 heteroatoms. The Morgan fingerprint density at radius 1 is 0.905 bits per heavy atom. The summed E-state index contributed by atoms with van der Waals surface area (Å²) in [6.45, 7) is 1.94. The van der Waals surface area contributed by atoms with E-state index in [1.54, 1.807) is 26.4 Å². The molecular weight excluding hydrogens is 270 g/mol. The monoisotopic (exact) mass is 289 g/mol. The number of nitrogens with one attached hydrogen (secondary N) is 1. The van der Waals surface area contributed by atoms with Crippen molar-refractivity contribution in [2.75, 3.05) is 19.5 Å². The third-order valence-electron chi connectivity index (χ3n) is 3.19. The van der Waals surface area contributed by atoms with Crippen molar-refractivity contribution in [2.45, 2.75) is 13.0 Å². The zero-order chi connectivity index (χ0) is 15.4. The molecule has 0 amide bonds. The summed E-state index contributed by atoms with van der Waals surface area (Å²) in [4.78, 5) is 0. The number of rotatable bonds is 5. The lowest BCUT2D eigenvalue weighted by Gasteiger charge is -2.17. The van der Waals surface area contributed by atoms with Gasteiger partial charge in [-0.15, -0.1) is 0 Å². The van der Waals surface area contributed by atoms with E-state index in [9.17, 15) is 10.2 Å². The Hall–Kier alpha value is -2.56. The van der Waals surface area contributed by atoms with E-state index in [1.165, 1.54) is 6.07 Å². The summed E-state index contributed by atoms with van der Waals surface area (Å²) in [7, 11) is 3.17. The highest BCUT2D eigenvalue weighted by molar-refractivity contribution is 5.56. The second-order valence-corrected chi connectivity index (χ2v) is 4.72. The summed E-state index contributed by atoms with van der Waals surface area (Å²) in [5.74, 6) is 1.36. The number of phenols is 2. The van der Waals surface area contributed by atoms with Crippen molar-refractivity contribution in [2.24, 2.45) is 0 Å². The van der Waals surface area contributed by atoms with Gasteiger partial charge in [-0.3, -0.25) is 0 Å². The second kappa shape index (κ2) is 6.26. The Bertz CT molecular complexity index is 607. The summed E-state index contributed by atoms with van der Waals surface area (Å²) in [6.07, 6.45) is 0. The van der Waals surface area contributed by atoms with Crippen LogP contribution >= 0.6 is 0 Å². The highest BCUT2D eigenvalue weighted by Gasteiger charge is 2.10. The Morgan fingerprint density at radius 3 is 2.10 bits per heavy atom. The van der Waals surface area contributed by atoms with Crippen molar-refractivity contribution in [3.05, 3.63) is 42.0 Å². The molecule has 0 saturated carbocycles. The Labute approximate surface area is 123 Å². The van der Waals surface area contributed by atoms with Gasteiger partial charge in [-0.1, -0.05) is 0 Å². The zero-order valence-electron chi connectivity index (χ0n) is 12.3. The molecule has 0 radical (unpaired) electrons. The maximum absolute atomic E-state index is 9.54. The van der Waals surface area contributed by atoms with E-state index in [1.807, 2.05) is 25.1 Å². The van der Waals surface area contributed by atoms with E-state index in [2.05, 4.69) is 5.32 Å². The fourth-order valence-corrected chi connectivity index (χ4v) is 2.13. The predicted molar refractivity (Wildman–Crippen MR) is 81.4 cm³/mol. The molecule has 3 N–H and O–H groups in total. The fourth-order valence-electron chi connectivity index (χ4n) is 2.13. The van der Waals surface area contributed by atoms with Gasteiger partial charge >= 0.3 is 0 Å². The molecule has 0 fully saturated rings. The molecule has 0 spiro atoms. The van der Waals surface area contributed by atoms with E-state index in [4.69, 9.17) is 9.47 Å². The van der Waals surface area contributed by atoms with Gasteiger partial charge in [-0.25, -0.2) is 0 Å². The second-order valence-electron chi connectivity index (χ2n) is 4.72. The average Bonchev–Trinajstić information content (AvgIpc) is 2.46. The summed E-state index contributed by atoms with van der Waals surface area (Å²) in [5.41, 5.74) is 1.63. The maximum Gasteiger partial charge on any atom is 0.162 e. The van der Waals surface area contributed by atoms with Crippen LogP contribution in [0.3, 0.4) is 0 Å². The lowest BCUT2D eigenvalue weighted by atomic mass is 10.1. The highest BCUT2D eigenvalue weighted by Crippen LogP contribution is 2.32. The van der Waals surface area contributed by atoms with Gasteiger partial charge in [0.15, 0.2) is 11.5 Å². The van der Waals surface area contributed by atoms with Crippen LogP contribution in [-0.2, 0) is 0 Å². The van der Waals surface area contributed by atoms with E-state index >= 15 is 0 Å². The van der Waals surface area contributed by atoms with Crippen molar-refractivity contribution < 1.29 is 19.7 Å². The Kier molecular flexibility index (Phi) is 4.42. The molecule has 0 bridgehead atoms. The number of benzene rings is 2. The minimum absolute atomic E-state index is 0.0333. The van der Waals surface area contributed by atoms with Crippen LogP contribution in [0.15, 0.2) is 36.4 Å². The summed E-state index contributed by atoms with van der Waals surface area (Å²) in [5, 5.41) is 22.4. The van der Waals surface area contributed by atoms with Crippen molar-refractivity contribution in [3.8, 4) is 23.0 Å². The first-order valence-corrected chi connectivity index (χ1v) is 6.55. The molecule has 0 heterocycles. The quantitative estimate of drug-likeness (QED) is 0.788. The van der Waals surface area contributed by atoms with Gasteiger partial charge in [0.05, 0.1) is 14.2 Å². The molecule has 0 aliphatic rings. The third kappa shape index (κ3) is 3.51. The first-order chi connectivity index (χ1) is 10.0. The number of hydrogen-bond acceptors (Lipinski definition) is 5. The molecule has 1 atom stereocenters. The van der Waals surface area contributed by atoms with Gasteiger partial charge in [-0.2, -0.15) is 0 Å².